The predicted molar refractivity (Wildman–Crippen MR) is 61.5 cm³/mol. The van der Waals surface area contributed by atoms with Crippen molar-refractivity contribution < 1.29 is 9.47 Å². The van der Waals surface area contributed by atoms with Crippen LogP contribution in [0.4, 0.5) is 0 Å². The van der Waals surface area contributed by atoms with E-state index >= 15 is 0 Å². The number of methoxy groups -OCH3 is 1. The molecular weight excluding hydrogens is 188 g/mol. The van der Waals surface area contributed by atoms with Crippen LogP contribution < -0.4 is 4.74 Å². The lowest BCUT2D eigenvalue weighted by molar-refractivity contribution is 0.338. The fourth-order valence-corrected chi connectivity index (χ4v) is 0.915. The maximum Gasteiger partial charge on any atom is 0.126 e. The van der Waals surface area contributed by atoms with Crippen molar-refractivity contribution in [2.75, 3.05) is 7.11 Å². The Bertz CT molecular complexity index is 337. The van der Waals surface area contributed by atoms with Crippen LogP contribution in [-0.4, -0.2) is 7.11 Å². The normalized spacial score (nSPS) is 11.5. The molecule has 2 heteroatoms. The lowest BCUT2D eigenvalue weighted by atomic mass is 10.3. The Morgan fingerprint density at radius 3 is 2.20 bits per heavy atom. The summed E-state index contributed by atoms with van der Waals surface area (Å²) in [4.78, 5) is 0. The molecule has 1 rings (SSSR count). The largest absolute Gasteiger partial charge is 0.504 e. The molecule has 0 N–H and O–H groups in total. The fraction of sp³-hybridized carbons (Fsp3) is 0.0769. The van der Waals surface area contributed by atoms with E-state index in [1.165, 1.54) is 0 Å². The highest BCUT2D eigenvalue weighted by molar-refractivity contribution is 5.22. The second-order valence-electron chi connectivity index (χ2n) is 2.71. The molecule has 0 saturated heterocycles. The summed E-state index contributed by atoms with van der Waals surface area (Å²) in [7, 11) is 1.61. The van der Waals surface area contributed by atoms with E-state index in [0.29, 0.717) is 0 Å². The van der Waals surface area contributed by atoms with E-state index in [0.717, 1.165) is 5.75 Å². The number of ether oxygens (including phenoxy) is 2. The molecule has 78 valence electrons. The van der Waals surface area contributed by atoms with Crippen molar-refractivity contribution in [2.45, 2.75) is 0 Å². The Morgan fingerprint density at radius 2 is 1.53 bits per heavy atom. The van der Waals surface area contributed by atoms with Crippen molar-refractivity contribution in [3.63, 3.8) is 0 Å². The molecule has 1 aromatic carbocycles. The monoisotopic (exact) mass is 202 g/mol. The van der Waals surface area contributed by atoms with Crippen LogP contribution in [0.5, 0.6) is 5.75 Å². The topological polar surface area (TPSA) is 18.5 Å². The minimum atomic E-state index is 0.828. The Hall–Kier alpha value is -1.96. The standard InChI is InChI=1S/C13H14O2/c1-14-11-7-2-3-8-12-15-13-9-5-4-6-10-13/h2-12H,1H3/b3-2+,11-7+,12-8-. The summed E-state index contributed by atoms with van der Waals surface area (Å²) in [5.74, 6) is 0.828. The van der Waals surface area contributed by atoms with Gasteiger partial charge in [-0.1, -0.05) is 30.4 Å². The van der Waals surface area contributed by atoms with Gasteiger partial charge in [-0.2, -0.15) is 0 Å². The third-order valence-electron chi connectivity index (χ3n) is 1.57. The van der Waals surface area contributed by atoms with Crippen LogP contribution in [0.1, 0.15) is 0 Å². The van der Waals surface area contributed by atoms with Gasteiger partial charge in [0.2, 0.25) is 0 Å². The van der Waals surface area contributed by atoms with Gasteiger partial charge < -0.3 is 9.47 Å². The molecule has 0 atom stereocenters. The zero-order valence-corrected chi connectivity index (χ0v) is 8.67. The van der Waals surface area contributed by atoms with Gasteiger partial charge in [0, 0.05) is 0 Å². The molecule has 0 saturated carbocycles. The van der Waals surface area contributed by atoms with Crippen LogP contribution in [-0.2, 0) is 4.74 Å². The molecule has 0 aromatic heterocycles. The zero-order valence-electron chi connectivity index (χ0n) is 8.67. The third-order valence-corrected chi connectivity index (χ3v) is 1.57. The zero-order chi connectivity index (χ0) is 10.8. The average molecular weight is 202 g/mol. The van der Waals surface area contributed by atoms with Gasteiger partial charge in [-0.25, -0.2) is 0 Å². The molecule has 2 nitrogen and oxygen atoms in total. The number of allylic oxidation sites excluding steroid dienone is 4. The molecule has 0 heterocycles. The van der Waals surface area contributed by atoms with Crippen molar-refractivity contribution in [2.24, 2.45) is 0 Å². The average Bonchev–Trinajstić information content (AvgIpc) is 2.29. The molecule has 0 unspecified atom stereocenters. The smallest absolute Gasteiger partial charge is 0.126 e. The van der Waals surface area contributed by atoms with Crippen LogP contribution in [0.2, 0.25) is 0 Å². The number of benzene rings is 1. The Morgan fingerprint density at radius 1 is 0.867 bits per heavy atom. The van der Waals surface area contributed by atoms with Gasteiger partial charge >= 0.3 is 0 Å². The molecule has 0 spiro atoms. The highest BCUT2D eigenvalue weighted by Crippen LogP contribution is 2.07. The van der Waals surface area contributed by atoms with E-state index < -0.39 is 0 Å². The maximum absolute atomic E-state index is 5.33. The third kappa shape index (κ3) is 5.37. The van der Waals surface area contributed by atoms with Crippen LogP contribution >= 0.6 is 0 Å². The van der Waals surface area contributed by atoms with E-state index in [1.807, 2.05) is 48.6 Å². The molecule has 15 heavy (non-hydrogen) atoms. The summed E-state index contributed by atoms with van der Waals surface area (Å²) in [5.41, 5.74) is 0. The van der Waals surface area contributed by atoms with E-state index in [4.69, 9.17) is 9.47 Å². The summed E-state index contributed by atoms with van der Waals surface area (Å²) in [6.45, 7) is 0. The Labute approximate surface area is 90.1 Å². The minimum Gasteiger partial charge on any atom is -0.504 e. The number of hydrogen-bond donors (Lipinski definition) is 0. The lowest BCUT2D eigenvalue weighted by Gasteiger charge is -1.96. The maximum atomic E-state index is 5.33. The van der Waals surface area contributed by atoms with Gasteiger partial charge in [0.1, 0.15) is 5.75 Å². The lowest BCUT2D eigenvalue weighted by Crippen LogP contribution is -1.78. The fourth-order valence-electron chi connectivity index (χ4n) is 0.915. The second kappa shape index (κ2) is 7.44. The SMILES string of the molecule is CO/C=C/C=C/C=C\Oc1ccccc1. The number of hydrogen-bond acceptors (Lipinski definition) is 2. The van der Waals surface area contributed by atoms with Crippen LogP contribution in [0.15, 0.2) is 67.2 Å². The quantitative estimate of drug-likeness (QED) is 0.538. The molecule has 0 fully saturated rings. The highest BCUT2D eigenvalue weighted by Gasteiger charge is 1.83. The van der Waals surface area contributed by atoms with E-state index in [9.17, 15) is 0 Å². The summed E-state index contributed by atoms with van der Waals surface area (Å²) < 4.78 is 10.1. The molecular formula is C13H14O2. The summed E-state index contributed by atoms with van der Waals surface area (Å²) >= 11 is 0. The molecule has 1 aromatic rings. The van der Waals surface area contributed by atoms with Gasteiger partial charge in [-0.3, -0.25) is 0 Å². The summed E-state index contributed by atoms with van der Waals surface area (Å²) in [5, 5.41) is 0. The first-order valence-corrected chi connectivity index (χ1v) is 4.66. The van der Waals surface area contributed by atoms with Crippen molar-refractivity contribution in [1.82, 2.24) is 0 Å². The second-order valence-corrected chi connectivity index (χ2v) is 2.71. The number of para-hydroxylation sites is 1. The van der Waals surface area contributed by atoms with Crippen molar-refractivity contribution in [3.05, 3.63) is 67.2 Å². The molecule has 0 aliphatic heterocycles. The van der Waals surface area contributed by atoms with E-state index in [1.54, 1.807) is 25.7 Å². The first-order valence-electron chi connectivity index (χ1n) is 4.66. The summed E-state index contributed by atoms with van der Waals surface area (Å²) in [6, 6.07) is 9.62. The molecule has 0 amide bonds. The van der Waals surface area contributed by atoms with Gasteiger partial charge in [0.15, 0.2) is 0 Å². The Kier molecular flexibility index (Phi) is 5.52. The predicted octanol–water partition coefficient (Wildman–Crippen LogP) is 3.30. The molecule has 0 bridgehead atoms. The van der Waals surface area contributed by atoms with Crippen LogP contribution in [0, 0.1) is 0 Å². The first kappa shape index (κ1) is 11.1. The Balaban J connectivity index is 2.28. The summed E-state index contributed by atoms with van der Waals surface area (Å²) in [6.07, 6.45) is 10.6. The molecule has 0 aliphatic rings. The van der Waals surface area contributed by atoms with Gasteiger partial charge in [0.25, 0.3) is 0 Å². The first-order chi connectivity index (χ1) is 7.43. The molecule has 0 aliphatic carbocycles. The van der Waals surface area contributed by atoms with Crippen LogP contribution in [0.25, 0.3) is 0 Å². The van der Waals surface area contributed by atoms with Gasteiger partial charge in [-0.05, 0) is 24.3 Å². The minimum absolute atomic E-state index is 0.828. The van der Waals surface area contributed by atoms with E-state index in [-0.39, 0.29) is 0 Å². The van der Waals surface area contributed by atoms with Crippen molar-refractivity contribution in [3.8, 4) is 5.75 Å². The highest BCUT2D eigenvalue weighted by atomic mass is 16.5. The van der Waals surface area contributed by atoms with Crippen molar-refractivity contribution in [1.29, 1.82) is 0 Å². The van der Waals surface area contributed by atoms with Crippen molar-refractivity contribution >= 4 is 0 Å². The van der Waals surface area contributed by atoms with E-state index in [2.05, 4.69) is 0 Å². The van der Waals surface area contributed by atoms with Gasteiger partial charge in [0.05, 0.1) is 19.6 Å². The van der Waals surface area contributed by atoms with Crippen LogP contribution in [0.3, 0.4) is 0 Å². The molecule has 0 radical (unpaired) electrons. The number of rotatable bonds is 5. The van der Waals surface area contributed by atoms with Gasteiger partial charge in [-0.15, -0.1) is 0 Å².